The van der Waals surface area contributed by atoms with E-state index in [4.69, 9.17) is 10.5 Å². The van der Waals surface area contributed by atoms with Crippen LogP contribution in [0.2, 0.25) is 0 Å². The lowest BCUT2D eigenvalue weighted by Crippen LogP contribution is -2.42. The van der Waals surface area contributed by atoms with Crippen molar-refractivity contribution >= 4 is 5.91 Å². The zero-order valence-corrected chi connectivity index (χ0v) is 13.3. The summed E-state index contributed by atoms with van der Waals surface area (Å²) >= 11 is 0. The number of phenolic OH excluding ortho intramolecular Hbond substituents is 1. The minimum absolute atomic E-state index is 0.0639. The Morgan fingerprint density at radius 1 is 1.43 bits per heavy atom. The van der Waals surface area contributed by atoms with E-state index < -0.39 is 0 Å². The monoisotopic (exact) mass is 294 g/mol. The number of nitrogens with two attached hydrogens (primary N) is 1. The van der Waals surface area contributed by atoms with Crippen LogP contribution < -0.4 is 10.5 Å². The summed E-state index contributed by atoms with van der Waals surface area (Å²) in [6.07, 6.45) is 0.851. The zero-order valence-electron chi connectivity index (χ0n) is 13.3. The molecule has 0 saturated heterocycles. The Balaban J connectivity index is 3.00. The number of rotatable bonds is 7. The smallest absolute Gasteiger partial charge is 0.257 e. The van der Waals surface area contributed by atoms with Crippen LogP contribution in [0.5, 0.6) is 11.5 Å². The Morgan fingerprint density at radius 2 is 2.10 bits per heavy atom. The van der Waals surface area contributed by atoms with E-state index in [1.807, 2.05) is 20.8 Å². The Kier molecular flexibility index (Phi) is 6.03. The predicted molar refractivity (Wildman–Crippen MR) is 83.7 cm³/mol. The van der Waals surface area contributed by atoms with E-state index in [0.29, 0.717) is 25.4 Å². The standard InChI is InChI=1S/C16H26N2O3/c1-5-8-18(11-16(2,3)10-17)15(20)13-7-6-12(21-4)9-14(13)19/h6-7,9,19H,5,8,10-11,17H2,1-4H3. The van der Waals surface area contributed by atoms with Crippen LogP contribution in [-0.2, 0) is 0 Å². The van der Waals surface area contributed by atoms with Crippen molar-refractivity contribution in [1.29, 1.82) is 0 Å². The Bertz CT molecular complexity index is 486. The maximum Gasteiger partial charge on any atom is 0.257 e. The molecule has 1 aromatic carbocycles. The third-order valence-electron chi connectivity index (χ3n) is 3.39. The fourth-order valence-corrected chi connectivity index (χ4v) is 2.09. The summed E-state index contributed by atoms with van der Waals surface area (Å²) in [5.41, 5.74) is 5.88. The summed E-state index contributed by atoms with van der Waals surface area (Å²) in [4.78, 5) is 14.4. The van der Waals surface area contributed by atoms with Gasteiger partial charge in [-0.3, -0.25) is 4.79 Å². The summed E-state index contributed by atoms with van der Waals surface area (Å²) < 4.78 is 5.03. The van der Waals surface area contributed by atoms with E-state index in [0.717, 1.165) is 6.42 Å². The highest BCUT2D eigenvalue weighted by Gasteiger charge is 2.25. The van der Waals surface area contributed by atoms with E-state index in [9.17, 15) is 9.90 Å². The predicted octanol–water partition coefficient (Wildman–Crippen LogP) is 2.24. The van der Waals surface area contributed by atoms with Gasteiger partial charge in [-0.15, -0.1) is 0 Å². The Hall–Kier alpha value is -1.75. The molecule has 3 N–H and O–H groups in total. The number of amides is 1. The van der Waals surface area contributed by atoms with Gasteiger partial charge in [0.2, 0.25) is 0 Å². The fourth-order valence-electron chi connectivity index (χ4n) is 2.09. The average molecular weight is 294 g/mol. The van der Waals surface area contributed by atoms with E-state index in [1.54, 1.807) is 17.0 Å². The number of methoxy groups -OCH3 is 1. The van der Waals surface area contributed by atoms with Crippen LogP contribution in [0.1, 0.15) is 37.6 Å². The minimum atomic E-state index is -0.182. The summed E-state index contributed by atoms with van der Waals surface area (Å²) in [5.74, 6) is 0.276. The van der Waals surface area contributed by atoms with Gasteiger partial charge in [0.1, 0.15) is 11.5 Å². The van der Waals surface area contributed by atoms with Crippen LogP contribution in [-0.4, -0.2) is 42.7 Å². The first-order chi connectivity index (χ1) is 9.84. The van der Waals surface area contributed by atoms with Gasteiger partial charge in [-0.2, -0.15) is 0 Å². The van der Waals surface area contributed by atoms with Crippen LogP contribution in [0.15, 0.2) is 18.2 Å². The molecule has 0 radical (unpaired) electrons. The molecular formula is C16H26N2O3. The molecule has 1 amide bonds. The molecule has 0 bridgehead atoms. The van der Waals surface area contributed by atoms with Gasteiger partial charge in [0.05, 0.1) is 12.7 Å². The molecule has 1 aromatic rings. The van der Waals surface area contributed by atoms with Crippen molar-refractivity contribution in [3.63, 3.8) is 0 Å². The summed E-state index contributed by atoms with van der Waals surface area (Å²) in [6, 6.07) is 4.71. The second-order valence-electron chi connectivity index (χ2n) is 5.98. The van der Waals surface area contributed by atoms with Crippen LogP contribution in [0.25, 0.3) is 0 Å². The maximum atomic E-state index is 12.6. The van der Waals surface area contributed by atoms with Crippen LogP contribution in [0, 0.1) is 5.41 Å². The van der Waals surface area contributed by atoms with Gasteiger partial charge in [-0.25, -0.2) is 0 Å². The molecule has 5 nitrogen and oxygen atoms in total. The quantitative estimate of drug-likeness (QED) is 0.808. The molecule has 0 saturated carbocycles. The molecule has 0 spiro atoms. The van der Waals surface area contributed by atoms with Gasteiger partial charge in [-0.1, -0.05) is 20.8 Å². The third-order valence-corrected chi connectivity index (χ3v) is 3.39. The lowest BCUT2D eigenvalue weighted by molar-refractivity contribution is 0.0686. The lowest BCUT2D eigenvalue weighted by atomic mass is 9.92. The van der Waals surface area contributed by atoms with Gasteiger partial charge in [0, 0.05) is 19.2 Å². The number of carbonyl (C=O) groups is 1. The second kappa shape index (κ2) is 7.31. The molecule has 0 aliphatic heterocycles. The molecule has 21 heavy (non-hydrogen) atoms. The number of carbonyl (C=O) groups excluding carboxylic acids is 1. The van der Waals surface area contributed by atoms with Crippen molar-refractivity contribution in [3.8, 4) is 11.5 Å². The summed E-state index contributed by atoms with van der Waals surface area (Å²) in [5, 5.41) is 10.0. The molecule has 0 atom stereocenters. The van der Waals surface area contributed by atoms with Crippen LogP contribution in [0.3, 0.4) is 0 Å². The van der Waals surface area contributed by atoms with Crippen LogP contribution in [0.4, 0.5) is 0 Å². The van der Waals surface area contributed by atoms with Gasteiger partial charge in [-0.05, 0) is 30.5 Å². The molecule has 1 rings (SSSR count). The molecule has 118 valence electrons. The normalized spacial score (nSPS) is 11.3. The highest BCUT2D eigenvalue weighted by Crippen LogP contribution is 2.26. The number of hydrogen-bond acceptors (Lipinski definition) is 4. The van der Waals surface area contributed by atoms with E-state index >= 15 is 0 Å². The van der Waals surface area contributed by atoms with E-state index in [-0.39, 0.29) is 22.6 Å². The van der Waals surface area contributed by atoms with Crippen molar-refractivity contribution in [1.82, 2.24) is 4.90 Å². The number of benzene rings is 1. The molecule has 0 fully saturated rings. The van der Waals surface area contributed by atoms with E-state index in [2.05, 4.69) is 0 Å². The fraction of sp³-hybridized carbons (Fsp3) is 0.562. The van der Waals surface area contributed by atoms with Gasteiger partial charge < -0.3 is 20.5 Å². The Morgan fingerprint density at radius 3 is 2.57 bits per heavy atom. The molecule has 5 heteroatoms. The number of aromatic hydroxyl groups is 1. The van der Waals surface area contributed by atoms with Crippen molar-refractivity contribution in [2.24, 2.45) is 11.1 Å². The van der Waals surface area contributed by atoms with Crippen molar-refractivity contribution in [2.45, 2.75) is 27.2 Å². The largest absolute Gasteiger partial charge is 0.507 e. The van der Waals surface area contributed by atoms with Gasteiger partial charge in [0.15, 0.2) is 0 Å². The zero-order chi connectivity index (χ0) is 16.0. The molecule has 0 aliphatic carbocycles. The van der Waals surface area contributed by atoms with Crippen LogP contribution >= 0.6 is 0 Å². The number of phenols is 1. The highest BCUT2D eigenvalue weighted by molar-refractivity contribution is 5.97. The number of nitrogens with zero attached hydrogens (tertiary/aromatic N) is 1. The molecule has 0 aromatic heterocycles. The first-order valence-corrected chi connectivity index (χ1v) is 7.21. The van der Waals surface area contributed by atoms with Crippen molar-refractivity contribution in [3.05, 3.63) is 23.8 Å². The van der Waals surface area contributed by atoms with Gasteiger partial charge >= 0.3 is 0 Å². The number of ether oxygens (including phenoxy) is 1. The number of hydrogen-bond donors (Lipinski definition) is 2. The first kappa shape index (κ1) is 17.3. The molecular weight excluding hydrogens is 268 g/mol. The first-order valence-electron chi connectivity index (χ1n) is 7.21. The summed E-state index contributed by atoms with van der Waals surface area (Å²) in [7, 11) is 1.52. The SMILES string of the molecule is CCCN(CC(C)(C)CN)C(=O)c1ccc(OC)cc1O. The lowest BCUT2D eigenvalue weighted by Gasteiger charge is -2.32. The minimum Gasteiger partial charge on any atom is -0.507 e. The highest BCUT2D eigenvalue weighted by atomic mass is 16.5. The molecule has 0 aliphatic rings. The van der Waals surface area contributed by atoms with Crippen molar-refractivity contribution < 1.29 is 14.6 Å². The molecule has 0 unspecified atom stereocenters. The topological polar surface area (TPSA) is 75.8 Å². The molecule has 0 heterocycles. The van der Waals surface area contributed by atoms with Crippen molar-refractivity contribution in [2.75, 3.05) is 26.7 Å². The maximum absolute atomic E-state index is 12.6. The third kappa shape index (κ3) is 4.63. The summed E-state index contributed by atoms with van der Waals surface area (Å²) in [6.45, 7) is 7.75. The second-order valence-corrected chi connectivity index (χ2v) is 5.98. The average Bonchev–Trinajstić information content (AvgIpc) is 2.45. The van der Waals surface area contributed by atoms with E-state index in [1.165, 1.54) is 13.2 Å². The Labute approximate surface area is 126 Å². The van der Waals surface area contributed by atoms with Gasteiger partial charge in [0.25, 0.3) is 5.91 Å².